The standard InChI is InChI=1S/C36H44F3N3O10/c1-26-31(19-27(23-40-26)20-33(43)28-3-2-4-30(21-28)36(37,38)39)29-22-32(42-5-7-46-8-6-42)35(41-24-29)52-18-17-50-14-13-48-10-9-47-11-12-49-15-16-51-25-34(44)45/h2-4,19,21-24H,5-18,20,25H2,1H3,(H,44,45). The molecule has 1 fully saturated rings. The molecule has 1 aliphatic rings. The number of anilines is 1. The summed E-state index contributed by atoms with van der Waals surface area (Å²) >= 11 is 0. The average Bonchev–Trinajstić information content (AvgIpc) is 3.13. The SMILES string of the molecule is Cc1ncc(CC(=O)c2cccc(C(F)(F)F)c2)cc1-c1cnc(OCCOCCOCCOCCOCCOCC(=O)O)c(N2CCOCC2)c1. The molecule has 0 amide bonds. The van der Waals surface area contributed by atoms with Crippen LogP contribution in [0.1, 0.15) is 27.2 Å². The molecule has 0 bridgehead atoms. The quantitative estimate of drug-likeness (QED) is 0.109. The molecule has 52 heavy (non-hydrogen) atoms. The minimum atomic E-state index is -4.54. The van der Waals surface area contributed by atoms with Gasteiger partial charge < -0.3 is 43.2 Å². The number of ketones is 1. The maximum atomic E-state index is 13.2. The van der Waals surface area contributed by atoms with Crippen molar-refractivity contribution >= 4 is 17.4 Å². The number of carbonyl (C=O) groups excluding carboxylic acids is 1. The molecule has 1 saturated heterocycles. The van der Waals surface area contributed by atoms with Gasteiger partial charge in [-0.1, -0.05) is 12.1 Å². The number of morpholine rings is 1. The van der Waals surface area contributed by atoms with Gasteiger partial charge in [-0.05, 0) is 36.8 Å². The van der Waals surface area contributed by atoms with Crippen molar-refractivity contribution in [2.45, 2.75) is 19.5 Å². The molecule has 0 saturated carbocycles. The van der Waals surface area contributed by atoms with Crippen LogP contribution in [0.3, 0.4) is 0 Å². The fraction of sp³-hybridized carbons (Fsp3) is 0.500. The highest BCUT2D eigenvalue weighted by Crippen LogP contribution is 2.34. The molecule has 13 nitrogen and oxygen atoms in total. The zero-order chi connectivity index (χ0) is 37.2. The van der Waals surface area contributed by atoms with E-state index in [4.69, 9.17) is 38.3 Å². The Morgan fingerprint density at radius 2 is 1.44 bits per heavy atom. The van der Waals surface area contributed by atoms with E-state index < -0.39 is 23.5 Å². The van der Waals surface area contributed by atoms with Crippen LogP contribution in [0.5, 0.6) is 5.88 Å². The van der Waals surface area contributed by atoms with E-state index in [-0.39, 0.29) is 31.8 Å². The Labute approximate surface area is 299 Å². The second-order valence-corrected chi connectivity index (χ2v) is 11.5. The highest BCUT2D eigenvalue weighted by molar-refractivity contribution is 5.97. The van der Waals surface area contributed by atoms with Gasteiger partial charge in [0.2, 0.25) is 5.88 Å². The molecule has 0 spiro atoms. The van der Waals surface area contributed by atoms with Crippen molar-refractivity contribution in [1.82, 2.24) is 9.97 Å². The van der Waals surface area contributed by atoms with Crippen LogP contribution in [0.4, 0.5) is 18.9 Å². The van der Waals surface area contributed by atoms with Crippen LogP contribution in [0.2, 0.25) is 0 Å². The Morgan fingerprint density at radius 1 is 0.827 bits per heavy atom. The Hall–Kier alpha value is -4.19. The Kier molecular flexibility index (Phi) is 16.7. The summed E-state index contributed by atoms with van der Waals surface area (Å²) in [6.45, 7) is 7.20. The lowest BCUT2D eigenvalue weighted by Crippen LogP contribution is -2.36. The fourth-order valence-corrected chi connectivity index (χ4v) is 5.09. The van der Waals surface area contributed by atoms with Crippen molar-refractivity contribution in [2.24, 2.45) is 0 Å². The lowest BCUT2D eigenvalue weighted by atomic mass is 9.98. The number of ether oxygens (including phenoxy) is 7. The number of Topliss-reactive ketones (excluding diaryl/α,β-unsaturated/α-hetero) is 1. The maximum Gasteiger partial charge on any atom is 0.416 e. The molecule has 0 radical (unpaired) electrons. The van der Waals surface area contributed by atoms with E-state index in [1.807, 2.05) is 19.1 Å². The van der Waals surface area contributed by atoms with Gasteiger partial charge in [0.15, 0.2) is 5.78 Å². The Balaban J connectivity index is 1.24. The lowest BCUT2D eigenvalue weighted by Gasteiger charge is -2.30. The fourth-order valence-electron chi connectivity index (χ4n) is 5.09. The molecule has 4 rings (SSSR count). The number of carbonyl (C=O) groups is 2. The molecule has 1 aliphatic heterocycles. The molecule has 3 heterocycles. The first-order valence-electron chi connectivity index (χ1n) is 16.8. The lowest BCUT2D eigenvalue weighted by molar-refractivity contribution is -0.142. The van der Waals surface area contributed by atoms with Crippen molar-refractivity contribution in [1.29, 1.82) is 0 Å². The van der Waals surface area contributed by atoms with Crippen molar-refractivity contribution in [3.8, 4) is 17.0 Å². The van der Waals surface area contributed by atoms with Gasteiger partial charge in [-0.25, -0.2) is 9.78 Å². The molecule has 1 aromatic carbocycles. The van der Waals surface area contributed by atoms with Crippen LogP contribution in [-0.4, -0.2) is 126 Å². The third-order valence-corrected chi connectivity index (χ3v) is 7.70. The van der Waals surface area contributed by atoms with Gasteiger partial charge in [0.1, 0.15) is 18.9 Å². The molecule has 1 N–H and O–H groups in total. The van der Waals surface area contributed by atoms with E-state index in [1.165, 1.54) is 12.1 Å². The number of carboxylic acid groups (broad SMARTS) is 1. The summed E-state index contributed by atoms with van der Waals surface area (Å²) in [6.07, 6.45) is -1.43. The first-order chi connectivity index (χ1) is 25.1. The van der Waals surface area contributed by atoms with Gasteiger partial charge in [-0.15, -0.1) is 0 Å². The molecule has 3 aromatic rings. The number of halogens is 3. The molecular formula is C36H44F3N3O10. The average molecular weight is 736 g/mol. The van der Waals surface area contributed by atoms with Gasteiger partial charge in [0, 0.05) is 54.3 Å². The van der Waals surface area contributed by atoms with Crippen LogP contribution in [-0.2, 0) is 45.8 Å². The first kappa shape index (κ1) is 40.6. The number of hydrogen-bond donors (Lipinski definition) is 1. The smallest absolute Gasteiger partial charge is 0.416 e. The number of rotatable bonds is 23. The number of hydrogen-bond acceptors (Lipinski definition) is 12. The highest BCUT2D eigenvalue weighted by atomic mass is 19.4. The summed E-state index contributed by atoms with van der Waals surface area (Å²) in [7, 11) is 0. The Morgan fingerprint density at radius 3 is 2.06 bits per heavy atom. The van der Waals surface area contributed by atoms with Gasteiger partial charge in [-0.2, -0.15) is 13.2 Å². The topological polar surface area (TPSA) is 148 Å². The predicted octanol–water partition coefficient (Wildman–Crippen LogP) is 4.28. The monoisotopic (exact) mass is 735 g/mol. The van der Waals surface area contributed by atoms with Crippen LogP contribution in [0.25, 0.3) is 11.1 Å². The molecular weight excluding hydrogens is 691 g/mol. The van der Waals surface area contributed by atoms with Crippen LogP contribution in [0.15, 0.2) is 48.8 Å². The first-order valence-corrected chi connectivity index (χ1v) is 16.8. The number of benzene rings is 1. The summed E-state index contributed by atoms with van der Waals surface area (Å²) in [5.74, 6) is -1.03. The molecule has 16 heteroatoms. The highest BCUT2D eigenvalue weighted by Gasteiger charge is 2.31. The predicted molar refractivity (Wildman–Crippen MR) is 182 cm³/mol. The van der Waals surface area contributed by atoms with E-state index in [0.717, 1.165) is 28.9 Å². The van der Waals surface area contributed by atoms with E-state index in [1.54, 1.807) is 12.4 Å². The number of pyridine rings is 2. The number of carboxylic acids is 1. The van der Waals surface area contributed by atoms with Gasteiger partial charge in [0.25, 0.3) is 0 Å². The number of aryl methyl sites for hydroxylation is 1. The second kappa shape index (κ2) is 21.4. The summed E-state index contributed by atoms with van der Waals surface area (Å²) in [5.41, 5.74) is 2.64. The number of aromatic nitrogens is 2. The zero-order valence-corrected chi connectivity index (χ0v) is 29.0. The van der Waals surface area contributed by atoms with E-state index in [9.17, 15) is 22.8 Å². The summed E-state index contributed by atoms with van der Waals surface area (Å²) in [6, 6.07) is 8.18. The van der Waals surface area contributed by atoms with Crippen molar-refractivity contribution in [3.05, 3.63) is 71.2 Å². The largest absolute Gasteiger partial charge is 0.480 e. The zero-order valence-electron chi connectivity index (χ0n) is 29.0. The molecule has 0 unspecified atom stereocenters. The van der Waals surface area contributed by atoms with Crippen molar-refractivity contribution in [3.63, 3.8) is 0 Å². The summed E-state index contributed by atoms with van der Waals surface area (Å²) in [4.78, 5) is 34.5. The maximum absolute atomic E-state index is 13.2. The van der Waals surface area contributed by atoms with Crippen LogP contribution < -0.4 is 9.64 Å². The van der Waals surface area contributed by atoms with E-state index >= 15 is 0 Å². The number of alkyl halides is 3. The van der Waals surface area contributed by atoms with E-state index in [2.05, 4.69) is 14.9 Å². The van der Waals surface area contributed by atoms with E-state index in [0.29, 0.717) is 96.3 Å². The van der Waals surface area contributed by atoms with Gasteiger partial charge in [0.05, 0.1) is 78.2 Å². The normalized spacial score (nSPS) is 13.3. The molecule has 2 aromatic heterocycles. The number of aliphatic carboxylic acids is 1. The third-order valence-electron chi connectivity index (χ3n) is 7.70. The Bertz CT molecular complexity index is 1570. The molecule has 284 valence electrons. The van der Waals surface area contributed by atoms with Gasteiger partial charge >= 0.3 is 12.1 Å². The minimum absolute atomic E-state index is 0.0179. The molecule has 0 aliphatic carbocycles. The number of nitrogens with zero attached hydrogens (tertiary/aromatic N) is 3. The second-order valence-electron chi connectivity index (χ2n) is 11.5. The van der Waals surface area contributed by atoms with Gasteiger partial charge in [-0.3, -0.25) is 9.78 Å². The minimum Gasteiger partial charge on any atom is -0.480 e. The van der Waals surface area contributed by atoms with Crippen molar-refractivity contribution in [2.75, 3.05) is 104 Å². The molecule has 0 atom stereocenters. The van der Waals surface area contributed by atoms with Crippen molar-refractivity contribution < 1.29 is 61.0 Å². The van der Waals surface area contributed by atoms with Crippen LogP contribution in [0, 0.1) is 6.92 Å². The summed E-state index contributed by atoms with van der Waals surface area (Å²) in [5, 5.41) is 8.48. The third kappa shape index (κ3) is 13.7. The summed E-state index contributed by atoms with van der Waals surface area (Å²) < 4.78 is 77.9. The van der Waals surface area contributed by atoms with Crippen LogP contribution >= 0.6 is 0 Å².